The van der Waals surface area contributed by atoms with Crippen LogP contribution in [0.5, 0.6) is 0 Å². The van der Waals surface area contributed by atoms with Crippen LogP contribution in [-0.2, 0) is 0 Å². The first-order valence-electron chi connectivity index (χ1n) is 6.09. The number of nitrogens with zero attached hydrogens (tertiary/aromatic N) is 2. The highest BCUT2D eigenvalue weighted by Gasteiger charge is 2.30. The van der Waals surface area contributed by atoms with Crippen LogP contribution in [0.2, 0.25) is 0 Å². The molecule has 1 aliphatic rings. The van der Waals surface area contributed by atoms with E-state index in [4.69, 9.17) is 5.73 Å². The third kappa shape index (κ3) is 3.74. The van der Waals surface area contributed by atoms with Gasteiger partial charge >= 0.3 is 0 Å². The molecule has 2 N–H and O–H groups in total. The first-order chi connectivity index (χ1) is 6.95. The van der Waals surface area contributed by atoms with Crippen molar-refractivity contribution in [2.45, 2.75) is 32.7 Å². The fourth-order valence-corrected chi connectivity index (χ4v) is 2.05. The van der Waals surface area contributed by atoms with Gasteiger partial charge in [-0.05, 0) is 46.3 Å². The van der Waals surface area contributed by atoms with Crippen LogP contribution in [0.3, 0.4) is 0 Å². The van der Waals surface area contributed by atoms with Crippen molar-refractivity contribution in [2.24, 2.45) is 11.7 Å². The van der Waals surface area contributed by atoms with E-state index in [-0.39, 0.29) is 0 Å². The summed E-state index contributed by atoms with van der Waals surface area (Å²) < 4.78 is 0. The average molecular weight is 213 g/mol. The number of nitrogens with two attached hydrogens (primary N) is 1. The number of likely N-dealkylation sites (N-methyl/N-ethyl adjacent to an activating group) is 1. The Hall–Kier alpha value is -0.120. The van der Waals surface area contributed by atoms with Crippen molar-refractivity contribution in [1.82, 2.24) is 9.80 Å². The van der Waals surface area contributed by atoms with Crippen molar-refractivity contribution in [3.8, 4) is 0 Å². The quantitative estimate of drug-likeness (QED) is 0.756. The summed E-state index contributed by atoms with van der Waals surface area (Å²) in [5.41, 5.74) is 5.96. The molecule has 1 atom stereocenters. The monoisotopic (exact) mass is 213 g/mol. The second kappa shape index (κ2) is 5.28. The molecular weight excluding hydrogens is 186 g/mol. The van der Waals surface area contributed by atoms with Gasteiger partial charge in [0.15, 0.2) is 0 Å². The Kier molecular flexibility index (Phi) is 4.56. The standard InChI is InChI=1S/C12H27N3/c1-11(9-13)5-6-15-8-7-14(4)12(2,3)10-15/h11H,5-10,13H2,1-4H3. The minimum absolute atomic E-state index is 0.324. The predicted molar refractivity (Wildman–Crippen MR) is 66.0 cm³/mol. The third-order valence-corrected chi connectivity index (χ3v) is 3.74. The minimum atomic E-state index is 0.324. The van der Waals surface area contributed by atoms with Gasteiger partial charge in [0.25, 0.3) is 0 Å². The Morgan fingerprint density at radius 1 is 1.33 bits per heavy atom. The molecule has 0 aliphatic carbocycles. The van der Waals surface area contributed by atoms with E-state index in [9.17, 15) is 0 Å². The van der Waals surface area contributed by atoms with Crippen LogP contribution >= 0.6 is 0 Å². The van der Waals surface area contributed by atoms with E-state index in [1.54, 1.807) is 0 Å². The first-order valence-corrected chi connectivity index (χ1v) is 6.09. The van der Waals surface area contributed by atoms with Gasteiger partial charge in [-0.25, -0.2) is 0 Å². The maximum atomic E-state index is 5.64. The van der Waals surface area contributed by atoms with E-state index in [0.717, 1.165) is 6.54 Å². The van der Waals surface area contributed by atoms with Gasteiger partial charge in [-0.3, -0.25) is 4.90 Å². The van der Waals surface area contributed by atoms with E-state index in [1.165, 1.54) is 32.6 Å². The molecule has 3 nitrogen and oxygen atoms in total. The van der Waals surface area contributed by atoms with Gasteiger partial charge in [0, 0.05) is 25.2 Å². The molecule has 0 bridgehead atoms. The Labute approximate surface area is 94.6 Å². The first kappa shape index (κ1) is 12.9. The average Bonchev–Trinajstić information content (AvgIpc) is 2.19. The molecule has 0 radical (unpaired) electrons. The number of rotatable bonds is 4. The molecule has 1 unspecified atom stereocenters. The van der Waals surface area contributed by atoms with Crippen LogP contribution in [0.1, 0.15) is 27.2 Å². The molecule has 0 amide bonds. The lowest BCUT2D eigenvalue weighted by Gasteiger charge is -2.45. The Morgan fingerprint density at radius 3 is 2.53 bits per heavy atom. The van der Waals surface area contributed by atoms with Crippen molar-refractivity contribution in [3.63, 3.8) is 0 Å². The molecule has 1 heterocycles. The molecule has 3 heteroatoms. The van der Waals surface area contributed by atoms with Crippen LogP contribution in [0.15, 0.2) is 0 Å². The van der Waals surface area contributed by atoms with Crippen LogP contribution < -0.4 is 5.73 Å². The third-order valence-electron chi connectivity index (χ3n) is 3.74. The second-order valence-corrected chi connectivity index (χ2v) is 5.64. The molecule has 15 heavy (non-hydrogen) atoms. The lowest BCUT2D eigenvalue weighted by Crippen LogP contribution is -2.57. The van der Waals surface area contributed by atoms with Crippen LogP contribution in [0.4, 0.5) is 0 Å². The summed E-state index contributed by atoms with van der Waals surface area (Å²) in [4.78, 5) is 5.03. The van der Waals surface area contributed by atoms with Crippen molar-refractivity contribution < 1.29 is 0 Å². The zero-order valence-corrected chi connectivity index (χ0v) is 10.8. The van der Waals surface area contributed by atoms with Gasteiger partial charge in [0.2, 0.25) is 0 Å². The topological polar surface area (TPSA) is 32.5 Å². The van der Waals surface area contributed by atoms with E-state index in [0.29, 0.717) is 11.5 Å². The summed E-state index contributed by atoms with van der Waals surface area (Å²) in [6.45, 7) is 12.5. The summed E-state index contributed by atoms with van der Waals surface area (Å²) >= 11 is 0. The van der Waals surface area contributed by atoms with Crippen LogP contribution in [0, 0.1) is 5.92 Å². The fourth-order valence-electron chi connectivity index (χ4n) is 2.05. The smallest absolute Gasteiger partial charge is 0.0277 e. The normalized spacial score (nSPS) is 25.4. The molecule has 0 aromatic heterocycles. The zero-order chi connectivity index (χ0) is 11.5. The Balaban J connectivity index is 2.33. The van der Waals surface area contributed by atoms with Crippen LogP contribution in [-0.4, -0.2) is 55.1 Å². The highest BCUT2D eigenvalue weighted by molar-refractivity contribution is 4.88. The van der Waals surface area contributed by atoms with Crippen LogP contribution in [0.25, 0.3) is 0 Å². The van der Waals surface area contributed by atoms with E-state index < -0.39 is 0 Å². The van der Waals surface area contributed by atoms with E-state index in [1.807, 2.05) is 0 Å². The van der Waals surface area contributed by atoms with Crippen molar-refractivity contribution in [1.29, 1.82) is 0 Å². The number of piperazine rings is 1. The summed E-state index contributed by atoms with van der Waals surface area (Å²) in [7, 11) is 2.22. The molecule has 1 fully saturated rings. The highest BCUT2D eigenvalue weighted by atomic mass is 15.3. The predicted octanol–water partition coefficient (Wildman–Crippen LogP) is 0.997. The van der Waals surface area contributed by atoms with E-state index in [2.05, 4.69) is 37.6 Å². The van der Waals surface area contributed by atoms with Crippen molar-refractivity contribution >= 4 is 0 Å². The molecular formula is C12H27N3. The van der Waals surface area contributed by atoms with Gasteiger partial charge in [-0.15, -0.1) is 0 Å². The van der Waals surface area contributed by atoms with Gasteiger partial charge in [0.1, 0.15) is 0 Å². The minimum Gasteiger partial charge on any atom is -0.330 e. The van der Waals surface area contributed by atoms with Gasteiger partial charge in [0.05, 0.1) is 0 Å². The van der Waals surface area contributed by atoms with Gasteiger partial charge in [-0.2, -0.15) is 0 Å². The summed E-state index contributed by atoms with van der Waals surface area (Å²) in [6, 6.07) is 0. The molecule has 1 rings (SSSR count). The van der Waals surface area contributed by atoms with Gasteiger partial charge < -0.3 is 10.6 Å². The maximum Gasteiger partial charge on any atom is 0.0277 e. The number of hydrogen-bond donors (Lipinski definition) is 1. The lowest BCUT2D eigenvalue weighted by atomic mass is 9.99. The molecule has 0 saturated carbocycles. The molecule has 1 saturated heterocycles. The number of hydrogen-bond acceptors (Lipinski definition) is 3. The summed E-state index contributed by atoms with van der Waals surface area (Å²) in [5.74, 6) is 0.660. The lowest BCUT2D eigenvalue weighted by molar-refractivity contribution is 0.0378. The molecule has 0 aromatic rings. The zero-order valence-electron chi connectivity index (χ0n) is 10.8. The molecule has 90 valence electrons. The molecule has 1 aliphatic heterocycles. The van der Waals surface area contributed by atoms with E-state index >= 15 is 0 Å². The van der Waals surface area contributed by atoms with Crippen molar-refractivity contribution in [3.05, 3.63) is 0 Å². The summed E-state index contributed by atoms with van der Waals surface area (Å²) in [6.07, 6.45) is 1.23. The molecule has 0 spiro atoms. The second-order valence-electron chi connectivity index (χ2n) is 5.64. The fraction of sp³-hybridized carbons (Fsp3) is 1.00. The van der Waals surface area contributed by atoms with Gasteiger partial charge in [-0.1, -0.05) is 6.92 Å². The SMILES string of the molecule is CC(CN)CCN1CCN(C)C(C)(C)C1. The maximum absolute atomic E-state index is 5.64. The molecule has 0 aromatic carbocycles. The van der Waals surface area contributed by atoms with Crippen molar-refractivity contribution in [2.75, 3.05) is 39.8 Å². The Morgan fingerprint density at radius 2 is 2.00 bits per heavy atom. The Bertz CT molecular complexity index is 191. The largest absolute Gasteiger partial charge is 0.330 e. The highest BCUT2D eigenvalue weighted by Crippen LogP contribution is 2.19. The summed E-state index contributed by atoms with van der Waals surface area (Å²) in [5, 5.41) is 0.